The fraction of sp³-hybridized carbons (Fsp3) is 0.375. The quantitative estimate of drug-likeness (QED) is 0.661. The average Bonchev–Trinajstić information content (AvgIpc) is 2.52. The fourth-order valence-electron chi connectivity index (χ4n) is 0.823. The molecule has 3 nitrogen and oxygen atoms in total. The van der Waals surface area contributed by atoms with Gasteiger partial charge in [0.05, 0.1) is 6.26 Å². The first-order valence-corrected chi connectivity index (χ1v) is 3.61. The Labute approximate surface area is 65.2 Å². The summed E-state index contributed by atoms with van der Waals surface area (Å²) in [6, 6.07) is 3.37. The van der Waals surface area contributed by atoms with E-state index in [-0.39, 0.29) is 5.78 Å². The van der Waals surface area contributed by atoms with Crippen LogP contribution < -0.4 is 5.73 Å². The Morgan fingerprint density at radius 3 is 3.00 bits per heavy atom. The van der Waals surface area contributed by atoms with Crippen molar-refractivity contribution in [1.82, 2.24) is 0 Å². The van der Waals surface area contributed by atoms with Crippen molar-refractivity contribution in [2.45, 2.75) is 12.8 Å². The maximum Gasteiger partial charge on any atom is 0.198 e. The molecule has 0 spiro atoms. The first-order chi connectivity index (χ1) is 5.34. The van der Waals surface area contributed by atoms with Crippen LogP contribution >= 0.6 is 0 Å². The maximum absolute atomic E-state index is 11.1. The highest BCUT2D eigenvalue weighted by atomic mass is 16.3. The third kappa shape index (κ3) is 2.20. The molecule has 0 amide bonds. The predicted octanol–water partition coefficient (Wildman–Crippen LogP) is 1.20. The van der Waals surface area contributed by atoms with Gasteiger partial charge in [-0.3, -0.25) is 4.79 Å². The van der Waals surface area contributed by atoms with Crippen LogP contribution in [0, 0.1) is 0 Å². The van der Waals surface area contributed by atoms with E-state index in [4.69, 9.17) is 10.2 Å². The van der Waals surface area contributed by atoms with Crippen molar-refractivity contribution in [3.8, 4) is 0 Å². The Bertz CT molecular complexity index is 216. The lowest BCUT2D eigenvalue weighted by atomic mass is 10.2. The Kier molecular flexibility index (Phi) is 2.86. The first-order valence-electron chi connectivity index (χ1n) is 3.61. The Balaban J connectivity index is 2.43. The molecule has 1 heterocycles. The van der Waals surface area contributed by atoms with Gasteiger partial charge in [-0.25, -0.2) is 0 Å². The molecule has 0 bridgehead atoms. The zero-order chi connectivity index (χ0) is 8.10. The van der Waals surface area contributed by atoms with E-state index in [1.807, 2.05) is 0 Å². The van der Waals surface area contributed by atoms with Gasteiger partial charge in [-0.05, 0) is 25.1 Å². The van der Waals surface area contributed by atoms with Gasteiger partial charge in [0.25, 0.3) is 0 Å². The van der Waals surface area contributed by atoms with Gasteiger partial charge < -0.3 is 10.2 Å². The van der Waals surface area contributed by atoms with E-state index in [0.29, 0.717) is 18.7 Å². The monoisotopic (exact) mass is 153 g/mol. The summed E-state index contributed by atoms with van der Waals surface area (Å²) in [5, 5.41) is 0. The van der Waals surface area contributed by atoms with Crippen molar-refractivity contribution in [3.05, 3.63) is 24.2 Å². The summed E-state index contributed by atoms with van der Waals surface area (Å²) in [6.07, 6.45) is 2.69. The van der Waals surface area contributed by atoms with Crippen LogP contribution in [0.3, 0.4) is 0 Å². The lowest BCUT2D eigenvalue weighted by Crippen LogP contribution is -2.03. The van der Waals surface area contributed by atoms with Crippen molar-refractivity contribution < 1.29 is 9.21 Å². The van der Waals surface area contributed by atoms with Crippen LogP contribution in [0.25, 0.3) is 0 Å². The Hall–Kier alpha value is -1.09. The largest absolute Gasteiger partial charge is 0.461 e. The number of carbonyl (C=O) groups excluding carboxylic acids is 1. The molecule has 0 saturated heterocycles. The minimum atomic E-state index is 0.0282. The Morgan fingerprint density at radius 1 is 1.64 bits per heavy atom. The third-order valence-electron chi connectivity index (χ3n) is 1.40. The summed E-state index contributed by atoms with van der Waals surface area (Å²) in [5.41, 5.74) is 5.25. The molecule has 11 heavy (non-hydrogen) atoms. The second-order valence-electron chi connectivity index (χ2n) is 2.29. The van der Waals surface area contributed by atoms with Crippen molar-refractivity contribution >= 4 is 5.78 Å². The molecule has 0 aliphatic carbocycles. The van der Waals surface area contributed by atoms with E-state index in [0.717, 1.165) is 6.42 Å². The van der Waals surface area contributed by atoms with Crippen molar-refractivity contribution in [2.24, 2.45) is 5.73 Å². The molecule has 0 unspecified atom stereocenters. The van der Waals surface area contributed by atoms with Gasteiger partial charge in [-0.1, -0.05) is 0 Å². The van der Waals surface area contributed by atoms with Crippen molar-refractivity contribution in [3.63, 3.8) is 0 Å². The highest BCUT2D eigenvalue weighted by molar-refractivity contribution is 5.93. The van der Waals surface area contributed by atoms with Crippen LogP contribution in [0.2, 0.25) is 0 Å². The van der Waals surface area contributed by atoms with Crippen LogP contribution in [0.1, 0.15) is 23.4 Å². The molecule has 2 N–H and O–H groups in total. The summed E-state index contributed by atoms with van der Waals surface area (Å²) in [7, 11) is 0. The molecular formula is C8H11NO2. The normalized spacial score (nSPS) is 9.91. The van der Waals surface area contributed by atoms with Gasteiger partial charge in [-0.2, -0.15) is 0 Å². The van der Waals surface area contributed by atoms with Gasteiger partial charge in [-0.15, -0.1) is 0 Å². The highest BCUT2D eigenvalue weighted by Gasteiger charge is 2.06. The summed E-state index contributed by atoms with van der Waals surface area (Å²) in [4.78, 5) is 11.1. The van der Waals surface area contributed by atoms with Gasteiger partial charge in [0.15, 0.2) is 11.5 Å². The minimum absolute atomic E-state index is 0.0282. The van der Waals surface area contributed by atoms with Crippen LogP contribution in [-0.2, 0) is 0 Å². The topological polar surface area (TPSA) is 56.2 Å². The van der Waals surface area contributed by atoms with E-state index in [2.05, 4.69) is 0 Å². The van der Waals surface area contributed by atoms with Gasteiger partial charge in [0.1, 0.15) is 0 Å². The van der Waals surface area contributed by atoms with Crippen LogP contribution in [0.15, 0.2) is 22.8 Å². The molecule has 0 saturated carbocycles. The lowest BCUT2D eigenvalue weighted by Gasteiger charge is -1.93. The second-order valence-corrected chi connectivity index (χ2v) is 2.29. The number of carbonyl (C=O) groups is 1. The maximum atomic E-state index is 11.1. The summed E-state index contributed by atoms with van der Waals surface area (Å²) in [6.45, 7) is 0.548. The Morgan fingerprint density at radius 2 is 2.45 bits per heavy atom. The van der Waals surface area contributed by atoms with E-state index >= 15 is 0 Å². The highest BCUT2D eigenvalue weighted by Crippen LogP contribution is 2.04. The molecule has 1 aromatic heterocycles. The summed E-state index contributed by atoms with van der Waals surface area (Å²) < 4.78 is 4.90. The molecule has 3 heteroatoms. The molecule has 0 aromatic carbocycles. The molecule has 0 aliphatic rings. The zero-order valence-electron chi connectivity index (χ0n) is 6.25. The van der Waals surface area contributed by atoms with Gasteiger partial charge >= 0.3 is 0 Å². The molecular weight excluding hydrogens is 142 g/mol. The second kappa shape index (κ2) is 3.93. The molecule has 0 atom stereocenters. The number of nitrogens with two attached hydrogens (primary N) is 1. The first kappa shape index (κ1) is 8.01. The van der Waals surface area contributed by atoms with E-state index in [1.54, 1.807) is 12.1 Å². The number of hydrogen-bond donors (Lipinski definition) is 1. The van der Waals surface area contributed by atoms with Crippen molar-refractivity contribution in [1.29, 1.82) is 0 Å². The van der Waals surface area contributed by atoms with Gasteiger partial charge in [0, 0.05) is 6.42 Å². The van der Waals surface area contributed by atoms with E-state index < -0.39 is 0 Å². The third-order valence-corrected chi connectivity index (χ3v) is 1.40. The number of furan rings is 1. The van der Waals surface area contributed by atoms with Crippen LogP contribution in [0.4, 0.5) is 0 Å². The minimum Gasteiger partial charge on any atom is -0.461 e. The molecule has 0 radical (unpaired) electrons. The fourth-order valence-corrected chi connectivity index (χ4v) is 0.823. The van der Waals surface area contributed by atoms with Crippen LogP contribution in [-0.4, -0.2) is 12.3 Å². The van der Waals surface area contributed by atoms with E-state index in [9.17, 15) is 4.79 Å². The zero-order valence-corrected chi connectivity index (χ0v) is 6.25. The SMILES string of the molecule is NCCCC(=O)c1ccco1. The van der Waals surface area contributed by atoms with Crippen molar-refractivity contribution in [2.75, 3.05) is 6.54 Å². The number of Topliss-reactive ketones (excluding diaryl/α,β-unsaturated/α-hetero) is 1. The van der Waals surface area contributed by atoms with E-state index in [1.165, 1.54) is 6.26 Å². The number of ketones is 1. The standard InChI is InChI=1S/C8H11NO2/c9-5-1-3-7(10)8-4-2-6-11-8/h2,4,6H,1,3,5,9H2. The number of rotatable bonds is 4. The predicted molar refractivity (Wildman–Crippen MR) is 41.3 cm³/mol. The molecule has 0 aliphatic heterocycles. The summed E-state index contributed by atoms with van der Waals surface area (Å²) >= 11 is 0. The number of hydrogen-bond acceptors (Lipinski definition) is 3. The smallest absolute Gasteiger partial charge is 0.198 e. The lowest BCUT2D eigenvalue weighted by molar-refractivity contribution is 0.0954. The molecule has 60 valence electrons. The van der Waals surface area contributed by atoms with Gasteiger partial charge in [0.2, 0.25) is 0 Å². The average molecular weight is 153 g/mol. The molecule has 1 aromatic rings. The van der Waals surface area contributed by atoms with Crippen LogP contribution in [0.5, 0.6) is 0 Å². The molecule has 1 rings (SSSR count). The molecule has 0 fully saturated rings. The summed E-state index contributed by atoms with van der Waals surface area (Å²) in [5.74, 6) is 0.457.